The summed E-state index contributed by atoms with van der Waals surface area (Å²) in [6.45, 7) is 6.70. The summed E-state index contributed by atoms with van der Waals surface area (Å²) < 4.78 is 0. The molecule has 0 radical (unpaired) electrons. The first-order valence-electron chi connectivity index (χ1n) is 12.4. The Morgan fingerprint density at radius 2 is 1.59 bits per heavy atom. The highest BCUT2D eigenvalue weighted by atomic mass is 16.4. The molecule has 0 amide bonds. The SMILES string of the molecule is CCc1cc2c(cc1CC)CC(NCC(O)c1c(C)cc(O)c3[nH]c(=O)ccc13)C2.O=C(O)CC(=O)O. The lowest BCUT2D eigenvalue weighted by atomic mass is 9.97. The fraction of sp³-hybridized carbons (Fsp3) is 0.393. The summed E-state index contributed by atoms with van der Waals surface area (Å²) in [5.74, 6) is -2.60. The smallest absolute Gasteiger partial charge is 0.314 e. The van der Waals surface area contributed by atoms with Crippen LogP contribution < -0.4 is 10.9 Å². The Hall–Kier alpha value is -3.69. The van der Waals surface area contributed by atoms with Crippen molar-refractivity contribution in [3.8, 4) is 5.75 Å². The lowest BCUT2D eigenvalue weighted by Gasteiger charge is -2.20. The lowest BCUT2D eigenvalue weighted by molar-refractivity contribution is -0.147. The molecule has 1 unspecified atom stereocenters. The second-order valence-corrected chi connectivity index (χ2v) is 9.33. The predicted molar refractivity (Wildman–Crippen MR) is 140 cm³/mol. The van der Waals surface area contributed by atoms with Gasteiger partial charge in [-0.2, -0.15) is 0 Å². The van der Waals surface area contributed by atoms with Crippen molar-refractivity contribution >= 4 is 22.8 Å². The van der Waals surface area contributed by atoms with Gasteiger partial charge in [-0.25, -0.2) is 0 Å². The Balaban J connectivity index is 0.000000479. The fourth-order valence-electron chi connectivity index (χ4n) is 5.00. The molecule has 0 bridgehead atoms. The van der Waals surface area contributed by atoms with Crippen LogP contribution in [0.1, 0.15) is 59.8 Å². The van der Waals surface area contributed by atoms with Gasteiger partial charge in [-0.3, -0.25) is 14.4 Å². The van der Waals surface area contributed by atoms with Crippen molar-refractivity contribution in [3.05, 3.63) is 74.1 Å². The van der Waals surface area contributed by atoms with Gasteiger partial charge in [0.15, 0.2) is 0 Å². The average Bonchev–Trinajstić information content (AvgIpc) is 3.23. The third-order valence-electron chi connectivity index (χ3n) is 6.70. The topological polar surface area (TPSA) is 160 Å². The number of H-pyrrole nitrogens is 1. The third kappa shape index (κ3) is 6.75. The van der Waals surface area contributed by atoms with E-state index < -0.39 is 24.5 Å². The molecule has 0 spiro atoms. The number of aliphatic hydroxyl groups is 1. The number of fused-ring (bicyclic) bond motifs is 2. The van der Waals surface area contributed by atoms with Crippen LogP contribution >= 0.6 is 0 Å². The van der Waals surface area contributed by atoms with Crippen LogP contribution in [0.15, 0.2) is 35.1 Å². The fourth-order valence-corrected chi connectivity index (χ4v) is 5.00. The van der Waals surface area contributed by atoms with E-state index in [1.54, 1.807) is 12.1 Å². The van der Waals surface area contributed by atoms with Crippen LogP contribution in [-0.4, -0.2) is 49.9 Å². The molecule has 0 saturated heterocycles. The summed E-state index contributed by atoms with van der Waals surface area (Å²) in [6.07, 6.45) is 2.52. The molecule has 4 rings (SSSR count). The standard InChI is InChI=1S/C25H30N2O3.C3H4O4/c1-4-15-9-17-11-19(12-18(17)10-16(15)5-2)26-13-22(29)24-14(3)8-21(28)25-20(24)6-7-23(30)27-25;4-2(5)1-3(6)7/h6-10,19,22,26,28-29H,4-5,11-13H2,1-3H3,(H,27,30);1H2,(H,4,5)(H,6,7). The molecule has 2 aromatic carbocycles. The summed E-state index contributed by atoms with van der Waals surface area (Å²) in [5, 5.41) is 40.8. The number of aliphatic hydroxyl groups excluding tert-OH is 1. The maximum absolute atomic E-state index is 11.7. The van der Waals surface area contributed by atoms with Crippen LogP contribution in [0.3, 0.4) is 0 Å². The number of pyridine rings is 1. The molecule has 1 aliphatic rings. The molecule has 9 nitrogen and oxygen atoms in total. The molecule has 1 aromatic heterocycles. The average molecular weight is 511 g/mol. The number of aromatic nitrogens is 1. The molecule has 3 aromatic rings. The molecular weight excluding hydrogens is 476 g/mol. The first-order chi connectivity index (χ1) is 17.5. The van der Waals surface area contributed by atoms with Crippen molar-refractivity contribution in [2.24, 2.45) is 0 Å². The van der Waals surface area contributed by atoms with Crippen LogP contribution in [-0.2, 0) is 35.3 Å². The molecule has 1 atom stereocenters. The molecule has 198 valence electrons. The summed E-state index contributed by atoms with van der Waals surface area (Å²) in [5.41, 5.74) is 7.35. The van der Waals surface area contributed by atoms with Gasteiger partial charge in [-0.05, 0) is 78.1 Å². The van der Waals surface area contributed by atoms with Gasteiger partial charge in [0.25, 0.3) is 0 Å². The zero-order valence-corrected chi connectivity index (χ0v) is 21.3. The van der Waals surface area contributed by atoms with Gasteiger partial charge in [0.05, 0.1) is 11.6 Å². The maximum atomic E-state index is 11.7. The number of aromatic amines is 1. The number of aliphatic carboxylic acids is 2. The maximum Gasteiger partial charge on any atom is 0.314 e. The van der Waals surface area contributed by atoms with Crippen molar-refractivity contribution in [3.63, 3.8) is 0 Å². The van der Waals surface area contributed by atoms with Crippen molar-refractivity contribution in [2.75, 3.05) is 6.54 Å². The van der Waals surface area contributed by atoms with Gasteiger partial charge in [-0.1, -0.05) is 26.0 Å². The minimum absolute atomic E-state index is 0.0220. The van der Waals surface area contributed by atoms with Crippen LogP contribution in [0, 0.1) is 6.92 Å². The lowest BCUT2D eigenvalue weighted by Crippen LogP contribution is -2.33. The second-order valence-electron chi connectivity index (χ2n) is 9.33. The van der Waals surface area contributed by atoms with E-state index in [4.69, 9.17) is 10.2 Å². The van der Waals surface area contributed by atoms with Crippen molar-refractivity contribution in [1.82, 2.24) is 10.3 Å². The van der Waals surface area contributed by atoms with Gasteiger partial charge in [-0.15, -0.1) is 0 Å². The van der Waals surface area contributed by atoms with E-state index in [1.165, 1.54) is 28.3 Å². The van der Waals surface area contributed by atoms with Gasteiger partial charge < -0.3 is 30.7 Å². The van der Waals surface area contributed by atoms with E-state index in [0.717, 1.165) is 36.8 Å². The Morgan fingerprint density at radius 1 is 1.03 bits per heavy atom. The Kier molecular flexibility index (Phi) is 9.07. The Morgan fingerprint density at radius 3 is 2.08 bits per heavy atom. The number of phenols is 1. The second kappa shape index (κ2) is 12.0. The highest BCUT2D eigenvalue weighted by Crippen LogP contribution is 2.32. The highest BCUT2D eigenvalue weighted by molar-refractivity contribution is 5.89. The summed E-state index contributed by atoms with van der Waals surface area (Å²) in [4.78, 5) is 33.2. The van der Waals surface area contributed by atoms with Crippen LogP contribution in [0.2, 0.25) is 0 Å². The molecule has 0 fully saturated rings. The first kappa shape index (κ1) is 27.9. The van der Waals surface area contributed by atoms with Gasteiger partial charge in [0.2, 0.25) is 5.56 Å². The van der Waals surface area contributed by atoms with E-state index in [0.29, 0.717) is 23.5 Å². The third-order valence-corrected chi connectivity index (χ3v) is 6.70. The normalized spacial score (nSPS) is 13.6. The number of benzene rings is 2. The quantitative estimate of drug-likeness (QED) is 0.252. The Labute approximate surface area is 214 Å². The number of phenolic OH excluding ortho intramolecular Hbond substituents is 1. The number of hydrogen-bond acceptors (Lipinski definition) is 6. The number of aromatic hydroxyl groups is 1. The minimum Gasteiger partial charge on any atom is -0.506 e. The van der Waals surface area contributed by atoms with E-state index >= 15 is 0 Å². The first-order valence-corrected chi connectivity index (χ1v) is 12.4. The number of carboxylic acids is 2. The van der Waals surface area contributed by atoms with E-state index in [2.05, 4.69) is 36.3 Å². The van der Waals surface area contributed by atoms with E-state index in [1.807, 2.05) is 6.92 Å². The summed E-state index contributed by atoms with van der Waals surface area (Å²) in [6, 6.07) is 9.72. The monoisotopic (exact) mass is 510 g/mol. The molecular formula is C28H34N2O7. The molecule has 0 saturated carbocycles. The van der Waals surface area contributed by atoms with Crippen LogP contribution in [0.25, 0.3) is 10.9 Å². The number of aryl methyl sites for hydroxylation is 3. The van der Waals surface area contributed by atoms with Gasteiger partial charge in [0.1, 0.15) is 12.2 Å². The minimum atomic E-state index is -1.31. The van der Waals surface area contributed by atoms with Crippen molar-refractivity contribution in [1.29, 1.82) is 0 Å². The van der Waals surface area contributed by atoms with E-state index in [9.17, 15) is 24.6 Å². The van der Waals surface area contributed by atoms with Gasteiger partial charge in [0, 0.05) is 24.0 Å². The molecule has 6 N–H and O–H groups in total. The number of rotatable bonds is 8. The largest absolute Gasteiger partial charge is 0.506 e. The van der Waals surface area contributed by atoms with Gasteiger partial charge >= 0.3 is 11.9 Å². The number of carboxylic acid groups (broad SMARTS) is 2. The summed E-state index contributed by atoms with van der Waals surface area (Å²) >= 11 is 0. The molecule has 1 heterocycles. The van der Waals surface area contributed by atoms with Crippen LogP contribution in [0.4, 0.5) is 0 Å². The number of nitrogens with one attached hydrogen (secondary N) is 2. The van der Waals surface area contributed by atoms with Crippen molar-refractivity contribution < 1.29 is 30.0 Å². The zero-order valence-electron chi connectivity index (χ0n) is 21.3. The molecule has 9 heteroatoms. The van der Waals surface area contributed by atoms with Crippen LogP contribution in [0.5, 0.6) is 5.75 Å². The molecule has 37 heavy (non-hydrogen) atoms. The number of hydrogen-bond donors (Lipinski definition) is 6. The Bertz CT molecular complexity index is 1320. The molecule has 1 aliphatic carbocycles. The zero-order chi connectivity index (χ0) is 27.3. The summed E-state index contributed by atoms with van der Waals surface area (Å²) in [7, 11) is 0. The molecule has 0 aliphatic heterocycles. The highest BCUT2D eigenvalue weighted by Gasteiger charge is 2.24. The number of carbonyl (C=O) groups is 2. The predicted octanol–water partition coefficient (Wildman–Crippen LogP) is 3.00. The van der Waals surface area contributed by atoms with E-state index in [-0.39, 0.29) is 11.3 Å². The van der Waals surface area contributed by atoms with Crippen molar-refractivity contribution in [2.45, 2.75) is 65.0 Å².